The molecule has 1 N–H and O–H groups in total. The predicted molar refractivity (Wildman–Crippen MR) is 59.4 cm³/mol. The lowest BCUT2D eigenvalue weighted by Crippen LogP contribution is -2.05. The first kappa shape index (κ1) is 11.4. The second-order valence-electron chi connectivity index (χ2n) is 3.36. The Hall–Kier alpha value is -1.63. The molecule has 0 saturated heterocycles. The zero-order valence-corrected chi connectivity index (χ0v) is 9.03. The van der Waals surface area contributed by atoms with Crippen LogP contribution in [0, 0.1) is 11.3 Å². The molecule has 1 rings (SSSR count). The summed E-state index contributed by atoms with van der Waals surface area (Å²) in [5.74, 6) is 0.547. The summed E-state index contributed by atoms with van der Waals surface area (Å²) >= 11 is 0. The van der Waals surface area contributed by atoms with Crippen molar-refractivity contribution >= 4 is 5.95 Å². The van der Waals surface area contributed by atoms with E-state index in [1.807, 2.05) is 6.07 Å². The van der Waals surface area contributed by atoms with Crippen LogP contribution in [0.3, 0.4) is 0 Å². The number of hydrogen-bond acceptors (Lipinski definition) is 4. The predicted octanol–water partition coefficient (Wildman–Crippen LogP) is 2.34. The average Bonchev–Trinajstić information content (AvgIpc) is 2.29. The van der Waals surface area contributed by atoms with E-state index in [9.17, 15) is 0 Å². The first-order valence-corrected chi connectivity index (χ1v) is 5.34. The average molecular weight is 204 g/mol. The second kappa shape index (κ2) is 6.77. The van der Waals surface area contributed by atoms with E-state index >= 15 is 0 Å². The monoisotopic (exact) mass is 204 g/mol. The molecule has 1 aromatic rings. The van der Waals surface area contributed by atoms with Crippen LogP contribution in [0.15, 0.2) is 12.3 Å². The van der Waals surface area contributed by atoms with Crippen molar-refractivity contribution < 1.29 is 0 Å². The third kappa shape index (κ3) is 4.41. The highest BCUT2D eigenvalue weighted by atomic mass is 15.1. The van der Waals surface area contributed by atoms with Crippen LogP contribution in [-0.2, 0) is 0 Å². The molecular weight excluding hydrogens is 188 g/mol. The van der Waals surface area contributed by atoms with E-state index in [-0.39, 0.29) is 0 Å². The maximum absolute atomic E-state index is 8.64. The fourth-order valence-corrected chi connectivity index (χ4v) is 1.26. The van der Waals surface area contributed by atoms with Crippen LogP contribution in [0.25, 0.3) is 0 Å². The topological polar surface area (TPSA) is 61.6 Å². The van der Waals surface area contributed by atoms with Gasteiger partial charge < -0.3 is 5.32 Å². The summed E-state index contributed by atoms with van der Waals surface area (Å²) in [5, 5.41) is 11.7. The molecule has 0 spiro atoms. The summed E-state index contributed by atoms with van der Waals surface area (Å²) in [7, 11) is 0. The summed E-state index contributed by atoms with van der Waals surface area (Å²) in [5.41, 5.74) is 0.404. The molecule has 0 radical (unpaired) electrons. The van der Waals surface area contributed by atoms with Crippen LogP contribution in [0.5, 0.6) is 0 Å². The first-order valence-electron chi connectivity index (χ1n) is 5.34. The Morgan fingerprint density at radius 2 is 2.27 bits per heavy atom. The van der Waals surface area contributed by atoms with Crippen LogP contribution >= 0.6 is 0 Å². The minimum atomic E-state index is 0.404. The molecule has 0 unspecified atom stereocenters. The number of rotatable bonds is 6. The zero-order chi connectivity index (χ0) is 10.9. The highest BCUT2D eigenvalue weighted by Crippen LogP contribution is 2.02. The summed E-state index contributed by atoms with van der Waals surface area (Å²) in [6.07, 6.45) is 6.44. The molecule has 0 aliphatic carbocycles. The Morgan fingerprint density at radius 1 is 1.40 bits per heavy atom. The fourth-order valence-electron chi connectivity index (χ4n) is 1.26. The van der Waals surface area contributed by atoms with Gasteiger partial charge in [-0.25, -0.2) is 9.97 Å². The van der Waals surface area contributed by atoms with E-state index in [0.29, 0.717) is 11.6 Å². The lowest BCUT2D eigenvalue weighted by Gasteiger charge is -2.03. The molecule has 0 amide bonds. The van der Waals surface area contributed by atoms with Gasteiger partial charge in [-0.1, -0.05) is 26.2 Å². The highest BCUT2D eigenvalue weighted by Gasteiger charge is 1.96. The molecule has 0 fully saturated rings. The maximum Gasteiger partial charge on any atom is 0.223 e. The van der Waals surface area contributed by atoms with E-state index in [4.69, 9.17) is 5.26 Å². The molecule has 0 aliphatic rings. The molecular formula is C11H16N4. The summed E-state index contributed by atoms with van der Waals surface area (Å²) in [6, 6.07) is 3.59. The smallest absolute Gasteiger partial charge is 0.223 e. The van der Waals surface area contributed by atoms with Crippen LogP contribution < -0.4 is 5.32 Å². The molecule has 0 atom stereocenters. The van der Waals surface area contributed by atoms with Gasteiger partial charge in [0.25, 0.3) is 0 Å². The third-order valence-electron chi connectivity index (χ3n) is 2.08. The third-order valence-corrected chi connectivity index (χ3v) is 2.08. The zero-order valence-electron chi connectivity index (χ0n) is 9.03. The van der Waals surface area contributed by atoms with E-state index in [0.717, 1.165) is 13.0 Å². The lowest BCUT2D eigenvalue weighted by molar-refractivity contribution is 0.683. The van der Waals surface area contributed by atoms with Gasteiger partial charge in [0.15, 0.2) is 0 Å². The van der Waals surface area contributed by atoms with Gasteiger partial charge in [-0.3, -0.25) is 0 Å². The summed E-state index contributed by atoms with van der Waals surface area (Å²) in [4.78, 5) is 8.06. The number of hydrogen-bond donors (Lipinski definition) is 1. The fraction of sp³-hybridized carbons (Fsp3) is 0.545. The Morgan fingerprint density at radius 3 is 3.00 bits per heavy atom. The summed E-state index contributed by atoms with van der Waals surface area (Å²) in [6.45, 7) is 3.06. The van der Waals surface area contributed by atoms with Crippen molar-refractivity contribution in [1.29, 1.82) is 5.26 Å². The molecule has 0 saturated carbocycles. The van der Waals surface area contributed by atoms with Gasteiger partial charge in [-0.2, -0.15) is 5.26 Å². The Labute approximate surface area is 90.4 Å². The van der Waals surface area contributed by atoms with Gasteiger partial charge in [-0.05, 0) is 12.5 Å². The molecule has 1 heterocycles. The highest BCUT2D eigenvalue weighted by molar-refractivity contribution is 5.29. The number of anilines is 1. The molecule has 0 bridgehead atoms. The molecule has 80 valence electrons. The minimum absolute atomic E-state index is 0.404. The minimum Gasteiger partial charge on any atom is -0.354 e. The molecule has 0 aliphatic heterocycles. The number of nitriles is 1. The van der Waals surface area contributed by atoms with Crippen LogP contribution in [-0.4, -0.2) is 16.5 Å². The normalized spacial score (nSPS) is 9.60. The van der Waals surface area contributed by atoms with Crippen molar-refractivity contribution in [3.05, 3.63) is 18.0 Å². The number of nitrogens with zero attached hydrogens (tertiary/aromatic N) is 3. The van der Waals surface area contributed by atoms with Crippen LogP contribution in [0.2, 0.25) is 0 Å². The van der Waals surface area contributed by atoms with Crippen molar-refractivity contribution in [2.75, 3.05) is 11.9 Å². The van der Waals surface area contributed by atoms with Crippen molar-refractivity contribution in [3.63, 3.8) is 0 Å². The second-order valence-corrected chi connectivity index (χ2v) is 3.36. The lowest BCUT2D eigenvalue weighted by atomic mass is 10.2. The van der Waals surface area contributed by atoms with E-state index in [2.05, 4.69) is 22.2 Å². The van der Waals surface area contributed by atoms with Gasteiger partial charge in [0.2, 0.25) is 5.95 Å². The summed E-state index contributed by atoms with van der Waals surface area (Å²) < 4.78 is 0. The SMILES string of the molecule is CCCCCCNc1nccc(C#N)n1. The largest absolute Gasteiger partial charge is 0.354 e. The quantitative estimate of drug-likeness (QED) is 0.722. The van der Waals surface area contributed by atoms with Gasteiger partial charge in [-0.15, -0.1) is 0 Å². The first-order chi connectivity index (χ1) is 7.36. The maximum atomic E-state index is 8.64. The van der Waals surface area contributed by atoms with Gasteiger partial charge in [0, 0.05) is 12.7 Å². The Bertz CT molecular complexity index is 330. The standard InChI is InChI=1S/C11H16N4/c1-2-3-4-5-7-13-11-14-8-6-10(9-12)15-11/h6,8H,2-5,7H2,1H3,(H,13,14,15). The molecule has 4 heteroatoms. The van der Waals surface area contributed by atoms with Crippen LogP contribution in [0.1, 0.15) is 38.3 Å². The molecule has 0 aromatic carbocycles. The molecule has 1 aromatic heterocycles. The van der Waals surface area contributed by atoms with Gasteiger partial charge in [0.05, 0.1) is 0 Å². The van der Waals surface area contributed by atoms with Gasteiger partial charge in [0.1, 0.15) is 11.8 Å². The molecule has 4 nitrogen and oxygen atoms in total. The Balaban J connectivity index is 2.28. The van der Waals surface area contributed by atoms with Crippen molar-refractivity contribution in [2.45, 2.75) is 32.6 Å². The number of nitrogens with one attached hydrogen (secondary N) is 1. The number of unbranched alkanes of at least 4 members (excludes halogenated alkanes) is 3. The van der Waals surface area contributed by atoms with Crippen molar-refractivity contribution in [2.24, 2.45) is 0 Å². The van der Waals surface area contributed by atoms with E-state index in [1.54, 1.807) is 12.3 Å². The van der Waals surface area contributed by atoms with E-state index in [1.165, 1.54) is 19.3 Å². The van der Waals surface area contributed by atoms with Crippen molar-refractivity contribution in [3.8, 4) is 6.07 Å². The Kier molecular flexibility index (Phi) is 5.16. The van der Waals surface area contributed by atoms with Crippen molar-refractivity contribution in [1.82, 2.24) is 9.97 Å². The van der Waals surface area contributed by atoms with Gasteiger partial charge >= 0.3 is 0 Å². The number of aromatic nitrogens is 2. The van der Waals surface area contributed by atoms with Crippen LogP contribution in [0.4, 0.5) is 5.95 Å². The van der Waals surface area contributed by atoms with E-state index < -0.39 is 0 Å². The molecule has 15 heavy (non-hydrogen) atoms.